The van der Waals surface area contributed by atoms with Crippen LogP contribution in [0.4, 0.5) is 5.69 Å². The number of anilines is 1. The van der Waals surface area contributed by atoms with Crippen LogP contribution in [-0.2, 0) is 10.8 Å². The fraction of sp³-hybridized carbons (Fsp3) is 0.379. The topological polar surface area (TPSA) is 52.0 Å². The van der Waals surface area contributed by atoms with Crippen molar-refractivity contribution in [1.29, 1.82) is 0 Å². The van der Waals surface area contributed by atoms with E-state index < -0.39 is 0 Å². The van der Waals surface area contributed by atoms with Gasteiger partial charge in [-0.1, -0.05) is 87.5 Å². The van der Waals surface area contributed by atoms with Gasteiger partial charge in [-0.2, -0.15) is 0 Å². The lowest BCUT2D eigenvalue weighted by Crippen LogP contribution is -2.48. The number of hydrogen-bond acceptors (Lipinski definition) is 2. The highest BCUT2D eigenvalue weighted by molar-refractivity contribution is 5.66. The molecule has 0 heterocycles. The third-order valence-electron chi connectivity index (χ3n) is 7.54. The van der Waals surface area contributed by atoms with Crippen LogP contribution in [0.1, 0.15) is 64.0 Å². The largest absolute Gasteiger partial charge is 0.399 e. The van der Waals surface area contributed by atoms with Gasteiger partial charge in [0.2, 0.25) is 0 Å². The molecule has 2 nitrogen and oxygen atoms in total. The molecular formula is C29H38N2. The van der Waals surface area contributed by atoms with Gasteiger partial charge in [0.25, 0.3) is 0 Å². The molecule has 4 N–H and O–H groups in total. The van der Waals surface area contributed by atoms with Crippen molar-refractivity contribution in [3.63, 3.8) is 0 Å². The molecule has 0 aliphatic heterocycles. The first-order valence-corrected chi connectivity index (χ1v) is 11.8. The maximum absolute atomic E-state index is 6.04. The molecule has 1 atom stereocenters. The zero-order valence-electron chi connectivity index (χ0n) is 19.4. The highest BCUT2D eigenvalue weighted by atomic mass is 14.6. The molecule has 0 aliphatic carbocycles. The van der Waals surface area contributed by atoms with Crippen LogP contribution in [-0.4, -0.2) is 6.54 Å². The Morgan fingerprint density at radius 2 is 1.10 bits per heavy atom. The van der Waals surface area contributed by atoms with Crippen molar-refractivity contribution < 1.29 is 0 Å². The second-order valence-electron chi connectivity index (χ2n) is 8.68. The zero-order chi connectivity index (χ0) is 22.3. The van der Waals surface area contributed by atoms with Crippen molar-refractivity contribution >= 4 is 5.69 Å². The SMILES string of the molecule is CCC(CC)(c1ccccc1)C(CC)(CCCN)c1ccc(-c2ccc(N)cc2)cc1. The molecule has 0 saturated heterocycles. The molecule has 3 rings (SSSR count). The summed E-state index contributed by atoms with van der Waals surface area (Å²) in [5.41, 5.74) is 18.1. The van der Waals surface area contributed by atoms with Gasteiger partial charge in [-0.3, -0.25) is 0 Å². The van der Waals surface area contributed by atoms with E-state index in [9.17, 15) is 0 Å². The molecule has 2 heteroatoms. The summed E-state index contributed by atoms with van der Waals surface area (Å²) in [4.78, 5) is 0. The first-order valence-electron chi connectivity index (χ1n) is 11.8. The Hall–Kier alpha value is -2.58. The number of rotatable bonds is 10. The minimum Gasteiger partial charge on any atom is -0.399 e. The summed E-state index contributed by atoms with van der Waals surface area (Å²) in [5, 5.41) is 0. The van der Waals surface area contributed by atoms with Gasteiger partial charge < -0.3 is 11.5 Å². The van der Waals surface area contributed by atoms with Gasteiger partial charge in [-0.15, -0.1) is 0 Å². The first kappa shape index (κ1) is 23.1. The summed E-state index contributed by atoms with van der Waals surface area (Å²) < 4.78 is 0. The molecule has 0 aliphatic rings. The number of nitrogen functional groups attached to an aromatic ring is 1. The van der Waals surface area contributed by atoms with Crippen LogP contribution in [0.3, 0.4) is 0 Å². The Labute approximate surface area is 188 Å². The van der Waals surface area contributed by atoms with E-state index in [0.29, 0.717) is 0 Å². The summed E-state index contributed by atoms with van der Waals surface area (Å²) in [5.74, 6) is 0. The molecule has 0 bridgehead atoms. The maximum Gasteiger partial charge on any atom is 0.0314 e. The van der Waals surface area contributed by atoms with Crippen LogP contribution in [0.5, 0.6) is 0 Å². The lowest BCUT2D eigenvalue weighted by atomic mass is 9.52. The average molecular weight is 415 g/mol. The molecule has 0 fully saturated rings. The molecule has 31 heavy (non-hydrogen) atoms. The van der Waals surface area contributed by atoms with Gasteiger partial charge in [-0.05, 0) is 73.0 Å². The molecule has 164 valence electrons. The lowest BCUT2D eigenvalue weighted by molar-refractivity contribution is 0.168. The maximum atomic E-state index is 6.04. The summed E-state index contributed by atoms with van der Waals surface area (Å²) in [6.07, 6.45) is 5.42. The van der Waals surface area contributed by atoms with Crippen LogP contribution in [0, 0.1) is 0 Å². The van der Waals surface area contributed by atoms with Crippen molar-refractivity contribution in [2.45, 2.75) is 63.7 Å². The van der Waals surface area contributed by atoms with Crippen LogP contribution in [0.25, 0.3) is 11.1 Å². The molecule has 0 radical (unpaired) electrons. The Morgan fingerprint density at radius 1 is 0.613 bits per heavy atom. The second kappa shape index (κ2) is 10.2. The fourth-order valence-corrected chi connectivity index (χ4v) is 5.81. The van der Waals surface area contributed by atoms with E-state index in [1.165, 1.54) is 22.3 Å². The van der Waals surface area contributed by atoms with Crippen molar-refractivity contribution in [2.75, 3.05) is 12.3 Å². The van der Waals surface area contributed by atoms with Gasteiger partial charge >= 0.3 is 0 Å². The van der Waals surface area contributed by atoms with Crippen LogP contribution in [0.2, 0.25) is 0 Å². The molecule has 1 unspecified atom stereocenters. The summed E-state index contributed by atoms with van der Waals surface area (Å²) in [7, 11) is 0. The third kappa shape index (κ3) is 4.27. The normalized spacial score (nSPS) is 13.7. The average Bonchev–Trinajstić information content (AvgIpc) is 2.83. The Morgan fingerprint density at radius 3 is 1.58 bits per heavy atom. The highest BCUT2D eigenvalue weighted by Gasteiger charge is 2.49. The Bertz CT molecular complexity index is 925. The minimum atomic E-state index is 0.0386. The lowest BCUT2D eigenvalue weighted by Gasteiger charge is -2.52. The summed E-state index contributed by atoms with van der Waals surface area (Å²) in [6.45, 7) is 7.79. The predicted molar refractivity (Wildman–Crippen MR) is 135 cm³/mol. The molecule has 0 amide bonds. The van der Waals surface area contributed by atoms with E-state index >= 15 is 0 Å². The summed E-state index contributed by atoms with van der Waals surface area (Å²) in [6, 6.07) is 28.5. The standard InChI is InChI=1S/C29H38N2/c1-4-28(5-2,25-11-8-7-9-12-25)29(6-3,21-10-22-30)26-17-13-23(14-18-26)24-15-19-27(31)20-16-24/h7-9,11-20H,4-6,10,21-22,30-31H2,1-3H3. The van der Waals surface area contributed by atoms with Gasteiger partial charge in [0.05, 0.1) is 0 Å². The molecule has 3 aromatic rings. The van der Waals surface area contributed by atoms with Crippen molar-refractivity contribution in [3.05, 3.63) is 90.0 Å². The molecule has 0 spiro atoms. The van der Waals surface area contributed by atoms with Crippen molar-refractivity contribution in [3.8, 4) is 11.1 Å². The Balaban J connectivity index is 2.14. The highest BCUT2D eigenvalue weighted by Crippen LogP contribution is 2.53. The van der Waals surface area contributed by atoms with E-state index in [4.69, 9.17) is 11.5 Å². The Kier molecular flexibility index (Phi) is 7.56. The number of nitrogens with two attached hydrogens (primary N) is 2. The van der Waals surface area contributed by atoms with Gasteiger partial charge in [0.1, 0.15) is 0 Å². The van der Waals surface area contributed by atoms with Crippen LogP contribution in [0.15, 0.2) is 78.9 Å². The zero-order valence-corrected chi connectivity index (χ0v) is 19.4. The number of benzene rings is 3. The third-order valence-corrected chi connectivity index (χ3v) is 7.54. The number of hydrogen-bond donors (Lipinski definition) is 2. The van der Waals surface area contributed by atoms with E-state index in [1.807, 2.05) is 12.1 Å². The monoisotopic (exact) mass is 414 g/mol. The van der Waals surface area contributed by atoms with E-state index in [0.717, 1.165) is 44.3 Å². The smallest absolute Gasteiger partial charge is 0.0314 e. The second-order valence-corrected chi connectivity index (χ2v) is 8.68. The van der Waals surface area contributed by atoms with Gasteiger partial charge in [-0.25, -0.2) is 0 Å². The van der Waals surface area contributed by atoms with E-state index in [-0.39, 0.29) is 10.8 Å². The van der Waals surface area contributed by atoms with Crippen molar-refractivity contribution in [2.24, 2.45) is 5.73 Å². The summed E-state index contributed by atoms with van der Waals surface area (Å²) >= 11 is 0. The quantitative estimate of drug-likeness (QED) is 0.348. The van der Waals surface area contributed by atoms with Crippen molar-refractivity contribution in [1.82, 2.24) is 0 Å². The van der Waals surface area contributed by atoms with E-state index in [1.54, 1.807) is 0 Å². The van der Waals surface area contributed by atoms with Crippen LogP contribution >= 0.6 is 0 Å². The molecule has 0 aromatic heterocycles. The molecule has 0 saturated carbocycles. The fourth-order valence-electron chi connectivity index (χ4n) is 5.81. The van der Waals surface area contributed by atoms with E-state index in [2.05, 4.69) is 87.5 Å². The van der Waals surface area contributed by atoms with Crippen LogP contribution < -0.4 is 11.5 Å². The molecular weight excluding hydrogens is 376 g/mol. The van der Waals surface area contributed by atoms with Gasteiger partial charge in [0.15, 0.2) is 0 Å². The molecule has 3 aromatic carbocycles. The first-order chi connectivity index (χ1) is 15.1. The van der Waals surface area contributed by atoms with Gasteiger partial charge in [0, 0.05) is 16.5 Å². The predicted octanol–water partition coefficient (Wildman–Crippen LogP) is 7.08. The minimum absolute atomic E-state index is 0.0386.